The Balaban J connectivity index is 3.51. The Bertz CT molecular complexity index is 209. The molecule has 1 unspecified atom stereocenters. The van der Waals surface area contributed by atoms with Crippen molar-refractivity contribution < 1.29 is 14.3 Å². The van der Waals surface area contributed by atoms with Crippen LogP contribution in [0.4, 0.5) is 0 Å². The molecule has 0 aliphatic heterocycles. The van der Waals surface area contributed by atoms with Crippen LogP contribution in [0.5, 0.6) is 0 Å². The van der Waals surface area contributed by atoms with Gasteiger partial charge in [0, 0.05) is 26.7 Å². The van der Waals surface area contributed by atoms with Crippen molar-refractivity contribution in [2.75, 3.05) is 20.3 Å². The molecule has 88 valence electrons. The van der Waals surface area contributed by atoms with Gasteiger partial charge in [-0.15, -0.1) is 0 Å². The molecule has 6 heteroatoms. The van der Waals surface area contributed by atoms with E-state index in [0.717, 1.165) is 0 Å². The molecule has 15 heavy (non-hydrogen) atoms. The number of rotatable bonds is 8. The van der Waals surface area contributed by atoms with Gasteiger partial charge in [0.25, 0.3) is 0 Å². The van der Waals surface area contributed by atoms with Gasteiger partial charge < -0.3 is 21.5 Å². The lowest BCUT2D eigenvalue weighted by atomic mass is 10.2. The molecule has 0 heterocycles. The minimum Gasteiger partial charge on any atom is -0.385 e. The largest absolute Gasteiger partial charge is 0.385 e. The molecule has 1 atom stereocenters. The molecule has 0 rings (SSSR count). The smallest absolute Gasteiger partial charge is 0.237 e. The summed E-state index contributed by atoms with van der Waals surface area (Å²) in [6.07, 6.45) is 1.30. The summed E-state index contributed by atoms with van der Waals surface area (Å²) in [6, 6.07) is -0.557. The molecule has 0 aliphatic carbocycles. The molecule has 0 fully saturated rings. The number of nitrogens with one attached hydrogen (secondary N) is 1. The summed E-state index contributed by atoms with van der Waals surface area (Å²) in [5.41, 5.74) is 10.5. The highest BCUT2D eigenvalue weighted by atomic mass is 16.5. The van der Waals surface area contributed by atoms with Crippen molar-refractivity contribution in [1.82, 2.24) is 5.32 Å². The summed E-state index contributed by atoms with van der Waals surface area (Å²) in [5, 5.41) is 2.62. The third-order valence-corrected chi connectivity index (χ3v) is 1.87. The van der Waals surface area contributed by atoms with Gasteiger partial charge >= 0.3 is 0 Å². The van der Waals surface area contributed by atoms with E-state index in [9.17, 15) is 9.59 Å². The van der Waals surface area contributed by atoms with E-state index in [1.54, 1.807) is 7.11 Å². The Kier molecular flexibility index (Phi) is 7.57. The Hall–Kier alpha value is -1.14. The van der Waals surface area contributed by atoms with Gasteiger partial charge in [-0.2, -0.15) is 0 Å². The molecule has 0 saturated heterocycles. The fourth-order valence-electron chi connectivity index (χ4n) is 0.981. The maximum atomic E-state index is 11.3. The first kappa shape index (κ1) is 13.9. The quantitative estimate of drug-likeness (QED) is 0.441. The molecule has 0 aliphatic rings. The molecule has 0 aromatic rings. The van der Waals surface area contributed by atoms with Gasteiger partial charge in [0.1, 0.15) is 0 Å². The summed E-state index contributed by atoms with van der Waals surface area (Å²) in [4.78, 5) is 21.7. The first-order valence-electron chi connectivity index (χ1n) is 4.88. The van der Waals surface area contributed by atoms with Gasteiger partial charge in [-0.05, 0) is 12.8 Å². The van der Waals surface area contributed by atoms with Crippen LogP contribution in [-0.4, -0.2) is 38.1 Å². The summed E-state index contributed by atoms with van der Waals surface area (Å²) in [6.45, 7) is 0.873. The van der Waals surface area contributed by atoms with Crippen molar-refractivity contribution >= 4 is 11.8 Å². The zero-order valence-electron chi connectivity index (χ0n) is 8.99. The number of carbonyl (C=O) groups excluding carboxylic acids is 2. The fourth-order valence-corrected chi connectivity index (χ4v) is 0.981. The first-order chi connectivity index (χ1) is 7.07. The lowest BCUT2D eigenvalue weighted by Crippen LogP contribution is -2.41. The number of hydrogen-bond acceptors (Lipinski definition) is 4. The Morgan fingerprint density at radius 3 is 2.67 bits per heavy atom. The number of nitrogens with two attached hydrogens (primary N) is 2. The lowest BCUT2D eigenvalue weighted by molar-refractivity contribution is -0.123. The second kappa shape index (κ2) is 8.19. The lowest BCUT2D eigenvalue weighted by Gasteiger charge is -2.11. The van der Waals surface area contributed by atoms with Gasteiger partial charge in [0.05, 0.1) is 6.04 Å². The van der Waals surface area contributed by atoms with Crippen LogP contribution >= 0.6 is 0 Å². The minimum atomic E-state index is -0.557. The Morgan fingerprint density at radius 1 is 1.47 bits per heavy atom. The van der Waals surface area contributed by atoms with Gasteiger partial charge in [-0.3, -0.25) is 9.59 Å². The van der Waals surface area contributed by atoms with Crippen LogP contribution < -0.4 is 16.8 Å². The fraction of sp³-hybridized carbons (Fsp3) is 0.778. The van der Waals surface area contributed by atoms with Crippen molar-refractivity contribution in [3.8, 4) is 0 Å². The van der Waals surface area contributed by atoms with Gasteiger partial charge in [-0.1, -0.05) is 0 Å². The van der Waals surface area contributed by atoms with E-state index in [4.69, 9.17) is 16.2 Å². The zero-order chi connectivity index (χ0) is 11.7. The van der Waals surface area contributed by atoms with E-state index < -0.39 is 6.04 Å². The normalized spacial score (nSPS) is 12.1. The number of amides is 2. The second-order valence-electron chi connectivity index (χ2n) is 3.25. The maximum absolute atomic E-state index is 11.3. The number of methoxy groups -OCH3 is 1. The third kappa shape index (κ3) is 7.90. The van der Waals surface area contributed by atoms with E-state index >= 15 is 0 Å². The SMILES string of the molecule is COCCC(N)C(=O)NCCCC(N)=O. The highest BCUT2D eigenvalue weighted by molar-refractivity contribution is 5.81. The van der Waals surface area contributed by atoms with Crippen LogP contribution in [0.3, 0.4) is 0 Å². The summed E-state index contributed by atoms with van der Waals surface area (Å²) in [7, 11) is 1.55. The van der Waals surface area contributed by atoms with Gasteiger partial charge in [-0.25, -0.2) is 0 Å². The number of hydrogen-bond donors (Lipinski definition) is 3. The standard InChI is InChI=1S/C9H19N3O3/c1-15-6-4-7(10)9(14)12-5-2-3-8(11)13/h7H,2-6,10H2,1H3,(H2,11,13)(H,12,14). The highest BCUT2D eigenvalue weighted by Gasteiger charge is 2.11. The molecule has 6 nitrogen and oxygen atoms in total. The molecule has 0 bridgehead atoms. The molecule has 5 N–H and O–H groups in total. The molecule has 0 aromatic heterocycles. The Morgan fingerprint density at radius 2 is 2.13 bits per heavy atom. The van der Waals surface area contributed by atoms with E-state index in [2.05, 4.69) is 5.32 Å². The van der Waals surface area contributed by atoms with Crippen molar-refractivity contribution in [2.24, 2.45) is 11.5 Å². The minimum absolute atomic E-state index is 0.225. The van der Waals surface area contributed by atoms with Gasteiger partial charge in [0.15, 0.2) is 0 Å². The second-order valence-corrected chi connectivity index (χ2v) is 3.25. The number of primary amides is 1. The monoisotopic (exact) mass is 217 g/mol. The van der Waals surface area contributed by atoms with Crippen molar-refractivity contribution in [3.05, 3.63) is 0 Å². The summed E-state index contributed by atoms with van der Waals surface area (Å²) in [5.74, 6) is -0.593. The van der Waals surface area contributed by atoms with E-state index in [-0.39, 0.29) is 18.2 Å². The first-order valence-corrected chi connectivity index (χ1v) is 4.88. The van der Waals surface area contributed by atoms with E-state index in [1.165, 1.54) is 0 Å². The summed E-state index contributed by atoms with van der Waals surface area (Å²) < 4.78 is 4.80. The highest BCUT2D eigenvalue weighted by Crippen LogP contribution is 1.90. The topological polar surface area (TPSA) is 107 Å². The van der Waals surface area contributed by atoms with Crippen molar-refractivity contribution in [2.45, 2.75) is 25.3 Å². The maximum Gasteiger partial charge on any atom is 0.237 e. The van der Waals surface area contributed by atoms with Crippen LogP contribution in [0.2, 0.25) is 0 Å². The molecule has 2 amide bonds. The predicted octanol–water partition coefficient (Wildman–Crippen LogP) is -1.27. The molecule has 0 aromatic carbocycles. The number of ether oxygens (including phenoxy) is 1. The predicted molar refractivity (Wildman–Crippen MR) is 55.9 cm³/mol. The molecular formula is C9H19N3O3. The third-order valence-electron chi connectivity index (χ3n) is 1.87. The molecular weight excluding hydrogens is 198 g/mol. The average molecular weight is 217 g/mol. The van der Waals surface area contributed by atoms with Crippen molar-refractivity contribution in [3.63, 3.8) is 0 Å². The van der Waals surface area contributed by atoms with Gasteiger partial charge in [0.2, 0.25) is 11.8 Å². The van der Waals surface area contributed by atoms with E-state index in [1.807, 2.05) is 0 Å². The average Bonchev–Trinajstić information content (AvgIpc) is 2.20. The number of carbonyl (C=O) groups is 2. The molecule has 0 radical (unpaired) electrons. The van der Waals surface area contributed by atoms with Crippen LogP contribution in [0.1, 0.15) is 19.3 Å². The van der Waals surface area contributed by atoms with Crippen LogP contribution in [0.15, 0.2) is 0 Å². The molecule has 0 saturated carbocycles. The van der Waals surface area contributed by atoms with Crippen LogP contribution in [0, 0.1) is 0 Å². The van der Waals surface area contributed by atoms with E-state index in [0.29, 0.717) is 26.0 Å². The van der Waals surface area contributed by atoms with Crippen LogP contribution in [-0.2, 0) is 14.3 Å². The Labute approximate surface area is 89.3 Å². The zero-order valence-corrected chi connectivity index (χ0v) is 8.99. The van der Waals surface area contributed by atoms with Crippen molar-refractivity contribution in [1.29, 1.82) is 0 Å². The van der Waals surface area contributed by atoms with Crippen LogP contribution in [0.25, 0.3) is 0 Å². The molecule has 0 spiro atoms. The summed E-state index contributed by atoms with van der Waals surface area (Å²) >= 11 is 0.